The Kier molecular flexibility index (Phi) is 4.30. The molecular formula is C14H14FN5O. The highest BCUT2D eigenvalue weighted by atomic mass is 19.1. The molecule has 2 aromatic rings. The number of aromatic nitrogens is 2. The molecule has 0 saturated carbocycles. The van der Waals surface area contributed by atoms with Crippen molar-refractivity contribution in [1.29, 1.82) is 5.26 Å². The van der Waals surface area contributed by atoms with E-state index in [1.807, 2.05) is 6.92 Å². The van der Waals surface area contributed by atoms with Crippen molar-refractivity contribution in [1.82, 2.24) is 9.97 Å². The van der Waals surface area contributed by atoms with Crippen LogP contribution in [0.25, 0.3) is 0 Å². The average Bonchev–Trinajstić information content (AvgIpc) is 2.49. The number of benzene rings is 1. The molecule has 0 spiro atoms. The topological polar surface area (TPSA) is 96.9 Å². The van der Waals surface area contributed by atoms with Crippen LogP contribution in [-0.4, -0.2) is 9.97 Å². The number of nitriles is 1. The van der Waals surface area contributed by atoms with Gasteiger partial charge in [0.15, 0.2) is 0 Å². The first kappa shape index (κ1) is 14.7. The van der Waals surface area contributed by atoms with Crippen LogP contribution in [0.15, 0.2) is 18.2 Å². The maximum atomic E-state index is 13.6. The second-order valence-corrected chi connectivity index (χ2v) is 4.24. The van der Waals surface area contributed by atoms with E-state index >= 15 is 0 Å². The minimum Gasteiger partial charge on any atom is -0.437 e. The summed E-state index contributed by atoms with van der Waals surface area (Å²) in [6.45, 7) is 3.60. The minimum atomic E-state index is -0.644. The third-order valence-electron chi connectivity index (χ3n) is 2.89. The highest BCUT2D eigenvalue weighted by Crippen LogP contribution is 2.29. The number of rotatable bonds is 4. The molecule has 1 heterocycles. The van der Waals surface area contributed by atoms with Crippen molar-refractivity contribution in [3.8, 4) is 17.7 Å². The minimum absolute atomic E-state index is 0.101. The normalized spacial score (nSPS) is 10.0. The Morgan fingerprint density at radius 1 is 1.43 bits per heavy atom. The second kappa shape index (κ2) is 6.15. The van der Waals surface area contributed by atoms with E-state index < -0.39 is 5.82 Å². The maximum absolute atomic E-state index is 13.6. The van der Waals surface area contributed by atoms with Crippen LogP contribution in [0.2, 0.25) is 0 Å². The Balaban J connectivity index is 2.50. The Hall–Kier alpha value is -2.72. The predicted molar refractivity (Wildman–Crippen MR) is 75.1 cm³/mol. The largest absolute Gasteiger partial charge is 0.437 e. The van der Waals surface area contributed by atoms with E-state index in [9.17, 15) is 4.39 Å². The molecule has 0 aliphatic heterocycles. The fourth-order valence-electron chi connectivity index (χ4n) is 1.74. The summed E-state index contributed by atoms with van der Waals surface area (Å²) in [7, 11) is 0. The third-order valence-corrected chi connectivity index (χ3v) is 2.89. The lowest BCUT2D eigenvalue weighted by Gasteiger charge is -2.13. The van der Waals surface area contributed by atoms with E-state index in [1.165, 1.54) is 18.2 Å². The van der Waals surface area contributed by atoms with Crippen LogP contribution in [0, 0.1) is 24.1 Å². The van der Waals surface area contributed by atoms with Crippen molar-refractivity contribution in [2.75, 3.05) is 5.43 Å². The summed E-state index contributed by atoms with van der Waals surface area (Å²) in [5.41, 5.74) is 2.87. The molecule has 0 unspecified atom stereocenters. The van der Waals surface area contributed by atoms with E-state index in [2.05, 4.69) is 15.4 Å². The molecule has 21 heavy (non-hydrogen) atoms. The van der Waals surface area contributed by atoms with E-state index in [-0.39, 0.29) is 17.2 Å². The van der Waals surface area contributed by atoms with Gasteiger partial charge in [0.25, 0.3) is 0 Å². The highest BCUT2D eigenvalue weighted by molar-refractivity contribution is 5.51. The summed E-state index contributed by atoms with van der Waals surface area (Å²) in [5.74, 6) is 6.05. The van der Waals surface area contributed by atoms with Crippen LogP contribution in [0.1, 0.15) is 23.9 Å². The van der Waals surface area contributed by atoms with Crippen LogP contribution < -0.4 is 16.0 Å². The standard InChI is InChI=1S/C14H14FN5O/c1-3-12-18-13(20-17)8(2)14(19-12)21-11-6-4-5-10(15)9(11)7-16/h4-6H,3,17H2,1-2H3,(H,18,19,20). The molecule has 0 fully saturated rings. The zero-order valence-corrected chi connectivity index (χ0v) is 11.6. The molecule has 0 atom stereocenters. The molecule has 6 nitrogen and oxygen atoms in total. The van der Waals surface area contributed by atoms with Gasteiger partial charge >= 0.3 is 0 Å². The molecule has 2 rings (SSSR count). The van der Waals surface area contributed by atoms with Crippen LogP contribution >= 0.6 is 0 Å². The number of hydrogen-bond donors (Lipinski definition) is 2. The third kappa shape index (κ3) is 2.90. The number of hydrazine groups is 1. The highest BCUT2D eigenvalue weighted by Gasteiger charge is 2.15. The van der Waals surface area contributed by atoms with Crippen molar-refractivity contribution in [3.05, 3.63) is 41.0 Å². The zero-order valence-electron chi connectivity index (χ0n) is 11.6. The number of nitrogens with two attached hydrogens (primary N) is 1. The quantitative estimate of drug-likeness (QED) is 0.662. The fraction of sp³-hybridized carbons (Fsp3) is 0.214. The number of anilines is 1. The van der Waals surface area contributed by atoms with Gasteiger partial charge in [-0.2, -0.15) is 10.2 Å². The van der Waals surface area contributed by atoms with Gasteiger partial charge in [0.05, 0.1) is 5.56 Å². The van der Waals surface area contributed by atoms with Crippen molar-refractivity contribution >= 4 is 5.82 Å². The van der Waals surface area contributed by atoms with Gasteiger partial charge in [0.1, 0.15) is 34.8 Å². The fourth-order valence-corrected chi connectivity index (χ4v) is 1.74. The van der Waals surface area contributed by atoms with E-state index in [1.54, 1.807) is 13.0 Å². The molecule has 0 bridgehead atoms. The van der Waals surface area contributed by atoms with Crippen molar-refractivity contribution in [3.63, 3.8) is 0 Å². The number of nitrogens with zero attached hydrogens (tertiary/aromatic N) is 3. The summed E-state index contributed by atoms with van der Waals surface area (Å²) in [5, 5.41) is 9.01. The van der Waals surface area contributed by atoms with Gasteiger partial charge in [-0.25, -0.2) is 15.2 Å². The summed E-state index contributed by atoms with van der Waals surface area (Å²) in [4.78, 5) is 8.44. The number of aryl methyl sites for hydroxylation is 1. The number of hydrogen-bond acceptors (Lipinski definition) is 6. The predicted octanol–water partition coefficient (Wildman–Crippen LogP) is 2.44. The van der Waals surface area contributed by atoms with Gasteiger partial charge in [0.2, 0.25) is 5.88 Å². The van der Waals surface area contributed by atoms with Gasteiger partial charge in [-0.05, 0) is 19.1 Å². The molecular weight excluding hydrogens is 273 g/mol. The van der Waals surface area contributed by atoms with Gasteiger partial charge in [-0.1, -0.05) is 13.0 Å². The Morgan fingerprint density at radius 2 is 2.19 bits per heavy atom. The lowest BCUT2D eigenvalue weighted by molar-refractivity contribution is 0.448. The van der Waals surface area contributed by atoms with Crippen LogP contribution in [-0.2, 0) is 6.42 Å². The van der Waals surface area contributed by atoms with Crippen molar-refractivity contribution in [2.24, 2.45) is 5.84 Å². The molecule has 0 radical (unpaired) electrons. The SMILES string of the molecule is CCc1nc(NN)c(C)c(Oc2cccc(F)c2C#N)n1. The van der Waals surface area contributed by atoms with Gasteiger partial charge < -0.3 is 10.2 Å². The molecule has 0 aliphatic carbocycles. The monoisotopic (exact) mass is 287 g/mol. The van der Waals surface area contributed by atoms with E-state index in [0.29, 0.717) is 23.6 Å². The van der Waals surface area contributed by atoms with Crippen LogP contribution in [0.3, 0.4) is 0 Å². The van der Waals surface area contributed by atoms with Gasteiger partial charge in [-0.3, -0.25) is 0 Å². The molecule has 108 valence electrons. The maximum Gasteiger partial charge on any atom is 0.227 e. The number of ether oxygens (including phenoxy) is 1. The lowest BCUT2D eigenvalue weighted by Crippen LogP contribution is -2.13. The Morgan fingerprint density at radius 3 is 2.81 bits per heavy atom. The zero-order chi connectivity index (χ0) is 15.4. The average molecular weight is 287 g/mol. The van der Waals surface area contributed by atoms with Gasteiger partial charge in [0, 0.05) is 6.42 Å². The molecule has 7 heteroatoms. The first-order valence-corrected chi connectivity index (χ1v) is 6.31. The van der Waals surface area contributed by atoms with Crippen molar-refractivity contribution < 1.29 is 9.13 Å². The number of nitrogens with one attached hydrogen (secondary N) is 1. The molecule has 3 N–H and O–H groups in total. The first-order valence-electron chi connectivity index (χ1n) is 6.31. The van der Waals surface area contributed by atoms with Gasteiger partial charge in [-0.15, -0.1) is 0 Å². The number of nitrogen functional groups attached to an aromatic ring is 1. The Labute approximate surface area is 121 Å². The molecule has 0 saturated heterocycles. The summed E-state index contributed by atoms with van der Waals surface area (Å²) < 4.78 is 19.2. The Bertz CT molecular complexity index is 711. The lowest BCUT2D eigenvalue weighted by atomic mass is 10.2. The van der Waals surface area contributed by atoms with E-state index in [4.69, 9.17) is 15.8 Å². The molecule has 0 aliphatic rings. The summed E-state index contributed by atoms with van der Waals surface area (Å²) >= 11 is 0. The van der Waals surface area contributed by atoms with E-state index in [0.717, 1.165) is 0 Å². The number of halogens is 1. The molecule has 1 aromatic heterocycles. The summed E-state index contributed by atoms with van der Waals surface area (Å²) in [6.07, 6.45) is 0.583. The first-order chi connectivity index (χ1) is 10.1. The second-order valence-electron chi connectivity index (χ2n) is 4.24. The van der Waals surface area contributed by atoms with Crippen molar-refractivity contribution in [2.45, 2.75) is 20.3 Å². The summed E-state index contributed by atoms with van der Waals surface area (Å²) in [6, 6.07) is 5.94. The van der Waals surface area contributed by atoms with Crippen LogP contribution in [0.5, 0.6) is 11.6 Å². The smallest absolute Gasteiger partial charge is 0.227 e. The molecule has 1 aromatic carbocycles. The molecule has 0 amide bonds. The van der Waals surface area contributed by atoms with Crippen LogP contribution in [0.4, 0.5) is 10.2 Å².